The lowest BCUT2D eigenvalue weighted by molar-refractivity contribution is 0.621. The molecule has 1 heterocycles. The van der Waals surface area contributed by atoms with Gasteiger partial charge in [-0.25, -0.2) is 0 Å². The maximum Gasteiger partial charge on any atom is 0.289 e. The number of hydrogen-bond donors (Lipinski definition) is 1. The second-order valence-electron chi connectivity index (χ2n) is 2.77. The Morgan fingerprint density at radius 1 is 1.54 bits per heavy atom. The van der Waals surface area contributed by atoms with Gasteiger partial charge in [-0.3, -0.25) is 9.89 Å². The molecule has 13 heavy (non-hydrogen) atoms. The van der Waals surface area contributed by atoms with E-state index in [4.69, 9.17) is 0 Å². The fourth-order valence-electron chi connectivity index (χ4n) is 0.924. The Morgan fingerprint density at radius 3 is 3.00 bits per heavy atom. The average Bonchev–Trinajstić information content (AvgIpc) is 2.52. The number of nitrogens with zero attached hydrogens (tertiary/aromatic N) is 3. The van der Waals surface area contributed by atoms with E-state index in [1.807, 2.05) is 0 Å². The second-order valence-corrected chi connectivity index (χ2v) is 2.77. The first kappa shape index (κ1) is 9.70. The van der Waals surface area contributed by atoms with Gasteiger partial charge in [-0.1, -0.05) is 19.8 Å². The highest BCUT2D eigenvalue weighted by molar-refractivity contribution is 4.78. The molecule has 0 aliphatic carbocycles. The van der Waals surface area contributed by atoms with Crippen LogP contribution in [0.3, 0.4) is 0 Å². The summed E-state index contributed by atoms with van der Waals surface area (Å²) in [6.07, 6.45) is 4.87. The van der Waals surface area contributed by atoms with Crippen molar-refractivity contribution in [1.82, 2.24) is 9.89 Å². The third-order valence-corrected chi connectivity index (χ3v) is 1.65. The average molecular weight is 182 g/mol. The topological polar surface area (TPSA) is 62.5 Å². The second kappa shape index (κ2) is 5.29. The predicted molar refractivity (Wildman–Crippen MR) is 49.7 cm³/mol. The van der Waals surface area contributed by atoms with Crippen molar-refractivity contribution in [3.63, 3.8) is 0 Å². The van der Waals surface area contributed by atoms with E-state index >= 15 is 0 Å². The van der Waals surface area contributed by atoms with Crippen LogP contribution in [-0.4, -0.2) is 16.4 Å². The fourth-order valence-corrected chi connectivity index (χ4v) is 0.924. The highest BCUT2D eigenvalue weighted by Gasteiger charge is 1.90. The van der Waals surface area contributed by atoms with Crippen LogP contribution in [0.25, 0.3) is 0 Å². The van der Waals surface area contributed by atoms with Gasteiger partial charge in [0.1, 0.15) is 0 Å². The van der Waals surface area contributed by atoms with Gasteiger partial charge in [-0.15, -0.1) is 4.79 Å². The van der Waals surface area contributed by atoms with Gasteiger partial charge < -0.3 is 0 Å². The van der Waals surface area contributed by atoms with Gasteiger partial charge >= 0.3 is 0 Å². The number of aromatic amines is 1. The summed E-state index contributed by atoms with van der Waals surface area (Å²) in [6.45, 7) is 2.81. The van der Waals surface area contributed by atoms with Crippen molar-refractivity contribution in [2.24, 2.45) is 10.3 Å². The van der Waals surface area contributed by atoms with Crippen molar-refractivity contribution in [2.45, 2.75) is 26.2 Å². The number of nitrogens with one attached hydrogen (secondary N) is 1. The summed E-state index contributed by atoms with van der Waals surface area (Å²) >= 11 is 0. The molecule has 1 aromatic rings. The lowest BCUT2D eigenvalue weighted by atomic mass is 10.3. The molecule has 0 amide bonds. The minimum atomic E-state index is -0.181. The maximum atomic E-state index is 10.9. The quantitative estimate of drug-likeness (QED) is 0.545. The molecule has 1 N–H and O–H groups in total. The number of H-pyrrole nitrogens is 1. The van der Waals surface area contributed by atoms with Gasteiger partial charge in [0.25, 0.3) is 5.56 Å². The van der Waals surface area contributed by atoms with Crippen LogP contribution >= 0.6 is 0 Å². The molecule has 0 atom stereocenters. The number of rotatable bonds is 5. The van der Waals surface area contributed by atoms with Gasteiger partial charge in [-0.05, 0) is 11.6 Å². The van der Waals surface area contributed by atoms with E-state index in [9.17, 15) is 4.79 Å². The zero-order valence-corrected chi connectivity index (χ0v) is 7.73. The van der Waals surface area contributed by atoms with Gasteiger partial charge in [0.15, 0.2) is 0 Å². The molecule has 0 unspecified atom stereocenters. The summed E-state index contributed by atoms with van der Waals surface area (Å²) in [7, 11) is 0. The van der Waals surface area contributed by atoms with E-state index in [0.29, 0.717) is 6.54 Å². The van der Waals surface area contributed by atoms with Crippen molar-refractivity contribution in [3.05, 3.63) is 22.6 Å². The molecular weight excluding hydrogens is 168 g/mol. The van der Waals surface area contributed by atoms with Crippen molar-refractivity contribution in [3.8, 4) is 0 Å². The molecular formula is C8H14N4O. The third-order valence-electron chi connectivity index (χ3n) is 1.65. The molecule has 0 spiro atoms. The number of hydrogen-bond acceptors (Lipinski definition) is 3. The Balaban J connectivity index is 2.33. The van der Waals surface area contributed by atoms with Crippen LogP contribution in [0.1, 0.15) is 26.2 Å². The molecule has 0 fully saturated rings. The molecule has 1 aromatic heterocycles. The van der Waals surface area contributed by atoms with Crippen LogP contribution in [0.15, 0.2) is 27.4 Å². The van der Waals surface area contributed by atoms with E-state index in [1.54, 1.807) is 0 Å². The zero-order chi connectivity index (χ0) is 9.52. The molecule has 0 saturated carbocycles. The minimum absolute atomic E-state index is 0.181. The summed E-state index contributed by atoms with van der Waals surface area (Å²) in [5, 5.41) is 10.2. The maximum absolute atomic E-state index is 10.9. The highest BCUT2D eigenvalue weighted by Crippen LogP contribution is 1.93. The number of aromatic nitrogens is 2. The van der Waals surface area contributed by atoms with Crippen molar-refractivity contribution >= 4 is 0 Å². The Morgan fingerprint density at radius 2 is 2.38 bits per heavy atom. The van der Waals surface area contributed by atoms with Crippen LogP contribution < -0.4 is 5.56 Å². The molecule has 0 bridgehead atoms. The molecule has 5 heteroatoms. The van der Waals surface area contributed by atoms with Gasteiger partial charge in [0, 0.05) is 12.3 Å². The molecule has 0 aromatic carbocycles. The smallest absolute Gasteiger partial charge is 0.281 e. The summed E-state index contributed by atoms with van der Waals surface area (Å²) in [4.78, 5) is 12.0. The molecule has 0 saturated heterocycles. The third kappa shape index (κ3) is 3.23. The van der Waals surface area contributed by atoms with Gasteiger partial charge in [0.05, 0.1) is 6.54 Å². The van der Waals surface area contributed by atoms with E-state index in [2.05, 4.69) is 22.4 Å². The highest BCUT2D eigenvalue weighted by atomic mass is 16.1. The lowest BCUT2D eigenvalue weighted by Crippen LogP contribution is -2.09. The van der Waals surface area contributed by atoms with Crippen LogP contribution in [0, 0.1) is 0 Å². The number of unbranched alkanes of at least 4 members (excludes halogenated alkanes) is 2. The Labute approximate surface area is 76.4 Å². The molecule has 0 radical (unpaired) electrons. The Kier molecular flexibility index (Phi) is 3.95. The summed E-state index contributed by atoms with van der Waals surface area (Å²) < 4.78 is 0. The summed E-state index contributed by atoms with van der Waals surface area (Å²) in [5.41, 5.74) is -0.181. The van der Waals surface area contributed by atoms with Crippen molar-refractivity contribution < 1.29 is 0 Å². The molecule has 72 valence electrons. The van der Waals surface area contributed by atoms with Crippen molar-refractivity contribution in [1.29, 1.82) is 0 Å². The van der Waals surface area contributed by atoms with Crippen LogP contribution in [0.4, 0.5) is 0 Å². The normalized spacial score (nSPS) is 11.2. The molecule has 0 aliphatic rings. The van der Waals surface area contributed by atoms with E-state index in [-0.39, 0.29) is 5.56 Å². The monoisotopic (exact) mass is 182 g/mol. The van der Waals surface area contributed by atoms with E-state index in [1.165, 1.54) is 12.3 Å². The van der Waals surface area contributed by atoms with E-state index < -0.39 is 0 Å². The van der Waals surface area contributed by atoms with Gasteiger partial charge in [-0.2, -0.15) is 5.11 Å². The summed E-state index contributed by atoms with van der Waals surface area (Å²) in [6, 6.07) is 1.41. The zero-order valence-electron chi connectivity index (χ0n) is 7.73. The first-order valence-corrected chi connectivity index (χ1v) is 4.49. The Bertz CT molecular complexity index is 312. The van der Waals surface area contributed by atoms with Crippen LogP contribution in [0.5, 0.6) is 0 Å². The molecule has 5 nitrogen and oxygen atoms in total. The summed E-state index contributed by atoms with van der Waals surface area (Å²) in [5.74, 6) is 0. The van der Waals surface area contributed by atoms with Crippen molar-refractivity contribution in [2.75, 3.05) is 6.54 Å². The fraction of sp³-hybridized carbons (Fsp3) is 0.625. The minimum Gasteiger partial charge on any atom is -0.281 e. The van der Waals surface area contributed by atoms with E-state index in [0.717, 1.165) is 24.1 Å². The molecule has 1 rings (SSSR count). The molecule has 0 aliphatic heterocycles. The largest absolute Gasteiger partial charge is 0.289 e. The Hall–Kier alpha value is -1.39. The first-order chi connectivity index (χ1) is 6.34. The SMILES string of the molecule is CCCCC/N=N/n1[nH]ccc1=O. The standard InChI is InChI=1S/C8H14N4O/c1-2-3-4-6-9-11-12-8(13)5-7-10-12/h5,7,10H,2-4,6H2,1H3/b11-9+. The van der Waals surface area contributed by atoms with Crippen LogP contribution in [-0.2, 0) is 0 Å². The first-order valence-electron chi connectivity index (χ1n) is 4.49. The van der Waals surface area contributed by atoms with Crippen LogP contribution in [0.2, 0.25) is 0 Å². The van der Waals surface area contributed by atoms with Gasteiger partial charge in [0.2, 0.25) is 0 Å². The predicted octanol–water partition coefficient (Wildman–Crippen LogP) is 1.58. The lowest BCUT2D eigenvalue weighted by Gasteiger charge is -1.91.